The number of fused-ring (bicyclic) bond motifs is 2. The van der Waals surface area contributed by atoms with Crippen molar-refractivity contribution in [3.05, 3.63) is 27.2 Å². The number of aromatic amines is 1. The number of aromatic nitrogens is 3. The van der Waals surface area contributed by atoms with Gasteiger partial charge >= 0.3 is 0 Å². The molecule has 0 aromatic carbocycles. The van der Waals surface area contributed by atoms with E-state index < -0.39 is 0 Å². The molecule has 0 unspecified atom stereocenters. The number of hydrogen-bond acceptors (Lipinski definition) is 4. The van der Waals surface area contributed by atoms with E-state index in [1.54, 1.807) is 17.5 Å². The maximum atomic E-state index is 6.23. The van der Waals surface area contributed by atoms with E-state index in [1.165, 1.54) is 23.3 Å². The highest BCUT2D eigenvalue weighted by atomic mass is 79.9. The molecule has 20 heavy (non-hydrogen) atoms. The summed E-state index contributed by atoms with van der Waals surface area (Å²) in [5, 5.41) is 0.870. The molecular weight excluding hydrogens is 336 g/mol. The lowest BCUT2D eigenvalue weighted by Gasteiger charge is -2.11. The summed E-state index contributed by atoms with van der Waals surface area (Å²) in [4.78, 5) is 13.7. The van der Waals surface area contributed by atoms with Crippen LogP contribution in [0.15, 0.2) is 16.7 Å². The minimum atomic E-state index is 0.735. The Hall–Kier alpha value is -1.40. The van der Waals surface area contributed by atoms with Crippen LogP contribution < -0.4 is 5.73 Å². The number of thiophene rings is 1. The topological polar surface area (TPSA) is 67.6 Å². The summed E-state index contributed by atoms with van der Waals surface area (Å²) in [6.45, 7) is 0. The average Bonchev–Trinajstić information content (AvgIpc) is 2.97. The van der Waals surface area contributed by atoms with E-state index in [9.17, 15) is 0 Å². The molecule has 3 aromatic rings. The number of anilines is 1. The predicted molar refractivity (Wildman–Crippen MR) is 86.0 cm³/mol. The summed E-state index contributed by atoms with van der Waals surface area (Å²) >= 11 is 5.14. The molecule has 0 spiro atoms. The van der Waals surface area contributed by atoms with Crippen molar-refractivity contribution in [3.8, 4) is 11.4 Å². The summed E-state index contributed by atoms with van der Waals surface area (Å²) in [5.74, 6) is 0.850. The van der Waals surface area contributed by atoms with Gasteiger partial charge < -0.3 is 10.7 Å². The van der Waals surface area contributed by atoms with E-state index in [0.717, 1.165) is 44.9 Å². The summed E-state index contributed by atoms with van der Waals surface area (Å²) < 4.78 is 0.945. The van der Waals surface area contributed by atoms with Crippen LogP contribution in [0.25, 0.3) is 22.6 Å². The first kappa shape index (κ1) is 12.3. The highest BCUT2D eigenvalue weighted by Crippen LogP contribution is 2.41. The minimum absolute atomic E-state index is 0.735. The fourth-order valence-electron chi connectivity index (χ4n) is 2.84. The van der Waals surface area contributed by atoms with Gasteiger partial charge in [-0.15, -0.1) is 11.3 Å². The first-order valence-electron chi connectivity index (χ1n) is 6.64. The van der Waals surface area contributed by atoms with Gasteiger partial charge in [-0.25, -0.2) is 9.97 Å². The maximum Gasteiger partial charge on any atom is 0.178 e. The molecule has 102 valence electrons. The Kier molecular flexibility index (Phi) is 2.82. The van der Waals surface area contributed by atoms with Crippen LogP contribution >= 0.6 is 27.3 Å². The summed E-state index contributed by atoms with van der Waals surface area (Å²) in [6, 6.07) is 1.99. The van der Waals surface area contributed by atoms with Gasteiger partial charge in [0, 0.05) is 15.5 Å². The number of aryl methyl sites for hydroxylation is 1. The molecule has 0 bridgehead atoms. The molecule has 3 aromatic heterocycles. The van der Waals surface area contributed by atoms with Crippen molar-refractivity contribution in [2.24, 2.45) is 0 Å². The van der Waals surface area contributed by atoms with E-state index in [0.29, 0.717) is 0 Å². The van der Waals surface area contributed by atoms with Crippen LogP contribution in [-0.2, 0) is 12.8 Å². The van der Waals surface area contributed by atoms with Crippen molar-refractivity contribution < 1.29 is 0 Å². The Labute approximate surface area is 128 Å². The molecule has 0 amide bonds. The SMILES string of the molecule is Nc1sc2c(c1-c1nc3ncc(Br)cc3[nH]1)CCCC2. The Morgan fingerprint density at radius 2 is 2.15 bits per heavy atom. The van der Waals surface area contributed by atoms with E-state index in [4.69, 9.17) is 5.73 Å². The van der Waals surface area contributed by atoms with E-state index in [1.807, 2.05) is 6.07 Å². The number of rotatable bonds is 1. The number of hydrogen-bond donors (Lipinski definition) is 2. The quantitative estimate of drug-likeness (QED) is 0.700. The zero-order valence-electron chi connectivity index (χ0n) is 10.7. The molecule has 0 aliphatic heterocycles. The number of imidazole rings is 1. The van der Waals surface area contributed by atoms with E-state index >= 15 is 0 Å². The second-order valence-electron chi connectivity index (χ2n) is 5.06. The van der Waals surface area contributed by atoms with Crippen LogP contribution in [0, 0.1) is 0 Å². The molecule has 1 aliphatic carbocycles. The molecule has 0 saturated heterocycles. The normalized spacial score (nSPS) is 14.7. The monoisotopic (exact) mass is 348 g/mol. The Bertz CT molecular complexity index is 805. The van der Waals surface area contributed by atoms with Crippen molar-refractivity contribution in [1.29, 1.82) is 0 Å². The third-order valence-corrected chi connectivity index (χ3v) is 5.29. The molecule has 0 radical (unpaired) electrons. The largest absolute Gasteiger partial charge is 0.390 e. The van der Waals surface area contributed by atoms with Gasteiger partial charge in [0.05, 0.1) is 16.1 Å². The minimum Gasteiger partial charge on any atom is -0.390 e. The first-order chi connectivity index (χ1) is 9.72. The first-order valence-corrected chi connectivity index (χ1v) is 8.25. The van der Waals surface area contributed by atoms with Gasteiger partial charge in [0.1, 0.15) is 5.82 Å². The van der Waals surface area contributed by atoms with Gasteiger partial charge in [-0.1, -0.05) is 0 Å². The van der Waals surface area contributed by atoms with Gasteiger partial charge in [-0.05, 0) is 53.2 Å². The number of nitrogens with zero attached hydrogens (tertiary/aromatic N) is 2. The molecule has 1 aliphatic rings. The fourth-order valence-corrected chi connectivity index (χ4v) is 4.33. The Morgan fingerprint density at radius 3 is 3.05 bits per heavy atom. The van der Waals surface area contributed by atoms with E-state index in [2.05, 4.69) is 30.9 Å². The summed E-state index contributed by atoms with van der Waals surface area (Å²) in [6.07, 6.45) is 6.52. The molecule has 0 fully saturated rings. The zero-order valence-corrected chi connectivity index (χ0v) is 13.1. The van der Waals surface area contributed by atoms with Crippen LogP contribution in [0.4, 0.5) is 5.00 Å². The summed E-state index contributed by atoms with van der Waals surface area (Å²) in [7, 11) is 0. The summed E-state index contributed by atoms with van der Waals surface area (Å²) in [5.41, 5.74) is 10.4. The van der Waals surface area contributed by atoms with Crippen LogP contribution in [0.1, 0.15) is 23.3 Å². The molecular formula is C14H13BrN4S. The van der Waals surface area contributed by atoms with Crippen molar-refractivity contribution in [3.63, 3.8) is 0 Å². The molecule has 3 heterocycles. The molecule has 0 saturated carbocycles. The molecule has 3 N–H and O–H groups in total. The van der Waals surface area contributed by atoms with Gasteiger partial charge in [-0.3, -0.25) is 0 Å². The van der Waals surface area contributed by atoms with Gasteiger partial charge in [0.2, 0.25) is 0 Å². The van der Waals surface area contributed by atoms with Crippen molar-refractivity contribution in [2.45, 2.75) is 25.7 Å². The highest BCUT2D eigenvalue weighted by Gasteiger charge is 2.22. The Morgan fingerprint density at radius 1 is 1.30 bits per heavy atom. The van der Waals surface area contributed by atoms with Crippen molar-refractivity contribution in [1.82, 2.24) is 15.0 Å². The smallest absolute Gasteiger partial charge is 0.178 e. The highest BCUT2D eigenvalue weighted by molar-refractivity contribution is 9.10. The number of nitrogen functional groups attached to an aromatic ring is 1. The number of H-pyrrole nitrogens is 1. The lowest BCUT2D eigenvalue weighted by molar-refractivity contribution is 0.698. The Balaban J connectivity index is 1.92. The number of halogens is 1. The molecule has 0 atom stereocenters. The van der Waals surface area contributed by atoms with Crippen molar-refractivity contribution >= 4 is 43.4 Å². The predicted octanol–water partition coefficient (Wildman–Crippen LogP) is 3.91. The third kappa shape index (κ3) is 1.86. The van der Waals surface area contributed by atoms with Crippen LogP contribution in [-0.4, -0.2) is 15.0 Å². The van der Waals surface area contributed by atoms with Gasteiger partial charge in [0.15, 0.2) is 5.65 Å². The van der Waals surface area contributed by atoms with Gasteiger partial charge in [-0.2, -0.15) is 0 Å². The fraction of sp³-hybridized carbons (Fsp3) is 0.286. The number of nitrogens with one attached hydrogen (secondary N) is 1. The van der Waals surface area contributed by atoms with E-state index in [-0.39, 0.29) is 0 Å². The zero-order chi connectivity index (χ0) is 13.7. The second-order valence-corrected chi connectivity index (χ2v) is 7.11. The molecule has 4 rings (SSSR count). The third-order valence-electron chi connectivity index (χ3n) is 3.74. The lowest BCUT2D eigenvalue weighted by Crippen LogP contribution is -2.00. The standard InChI is InChI=1S/C14H13BrN4S/c15-7-5-9-13(17-6-7)19-14(18-9)11-8-3-1-2-4-10(8)20-12(11)16/h5-6H,1-4,16H2,(H,17,18,19). The average molecular weight is 349 g/mol. The lowest BCUT2D eigenvalue weighted by atomic mass is 9.95. The maximum absolute atomic E-state index is 6.23. The molecule has 6 heteroatoms. The van der Waals surface area contributed by atoms with Crippen LogP contribution in [0.2, 0.25) is 0 Å². The molecule has 4 nitrogen and oxygen atoms in total. The van der Waals surface area contributed by atoms with Crippen LogP contribution in [0.3, 0.4) is 0 Å². The number of nitrogens with two attached hydrogens (primary N) is 1. The van der Waals surface area contributed by atoms with Gasteiger partial charge in [0.25, 0.3) is 0 Å². The van der Waals surface area contributed by atoms with Crippen molar-refractivity contribution in [2.75, 3.05) is 5.73 Å². The second kappa shape index (κ2) is 4.56. The number of pyridine rings is 1. The van der Waals surface area contributed by atoms with Crippen LogP contribution in [0.5, 0.6) is 0 Å².